The molecular formula is C22H17N3O6S. The topological polar surface area (TPSA) is 143 Å². The van der Waals surface area contributed by atoms with Crippen LogP contribution in [0.15, 0.2) is 80.7 Å². The first-order valence-electron chi connectivity index (χ1n) is 9.31. The second-order valence-corrected chi connectivity index (χ2v) is 8.55. The maximum Gasteiger partial charge on any atom is 0.335 e. The van der Waals surface area contributed by atoms with Gasteiger partial charge in [-0.1, -0.05) is 0 Å². The van der Waals surface area contributed by atoms with E-state index < -0.39 is 16.0 Å². The Morgan fingerprint density at radius 1 is 1.06 bits per heavy atom. The van der Waals surface area contributed by atoms with E-state index in [9.17, 15) is 18.0 Å². The van der Waals surface area contributed by atoms with E-state index in [4.69, 9.17) is 14.7 Å². The molecule has 32 heavy (non-hydrogen) atoms. The second kappa shape index (κ2) is 7.91. The average molecular weight is 451 g/mol. The SMILES string of the molecule is CC1=NN(c2ccc(C(=O)O)cc2)C(=O)/C1=C/c1ccc(-c2ccc(S(N)(=O)=O)cc2)o1. The van der Waals surface area contributed by atoms with E-state index in [0.717, 1.165) is 0 Å². The van der Waals surface area contributed by atoms with Gasteiger partial charge in [0.25, 0.3) is 5.91 Å². The monoisotopic (exact) mass is 451 g/mol. The largest absolute Gasteiger partial charge is 0.478 e. The summed E-state index contributed by atoms with van der Waals surface area (Å²) in [5.41, 5.74) is 2.01. The minimum atomic E-state index is -3.78. The molecule has 0 fully saturated rings. The number of furan rings is 1. The zero-order valence-electron chi connectivity index (χ0n) is 16.7. The molecule has 0 saturated heterocycles. The Morgan fingerprint density at radius 3 is 2.31 bits per heavy atom. The van der Waals surface area contributed by atoms with E-state index in [1.54, 1.807) is 37.3 Å². The third kappa shape index (κ3) is 4.09. The number of sulfonamides is 1. The summed E-state index contributed by atoms with van der Waals surface area (Å²) in [6.07, 6.45) is 1.56. The molecule has 162 valence electrons. The number of carbonyl (C=O) groups is 2. The highest BCUT2D eigenvalue weighted by Crippen LogP contribution is 2.28. The lowest BCUT2D eigenvalue weighted by Crippen LogP contribution is -2.21. The molecule has 2 aromatic carbocycles. The quantitative estimate of drug-likeness (QED) is 0.571. The van der Waals surface area contributed by atoms with E-state index in [1.807, 2.05) is 0 Å². The molecule has 0 bridgehead atoms. The number of rotatable bonds is 5. The Kier molecular flexibility index (Phi) is 5.25. The summed E-state index contributed by atoms with van der Waals surface area (Å²) < 4.78 is 28.6. The van der Waals surface area contributed by atoms with Crippen LogP contribution in [-0.2, 0) is 14.8 Å². The maximum absolute atomic E-state index is 12.9. The summed E-state index contributed by atoms with van der Waals surface area (Å²) >= 11 is 0. The molecule has 1 aliphatic heterocycles. The second-order valence-electron chi connectivity index (χ2n) is 6.98. The van der Waals surface area contributed by atoms with Gasteiger partial charge in [-0.05, 0) is 73.7 Å². The van der Waals surface area contributed by atoms with E-state index in [2.05, 4.69) is 5.10 Å². The van der Waals surface area contributed by atoms with Crippen LogP contribution in [0.3, 0.4) is 0 Å². The molecule has 10 heteroatoms. The normalized spacial score (nSPS) is 15.3. The van der Waals surface area contributed by atoms with Gasteiger partial charge in [0.2, 0.25) is 10.0 Å². The third-order valence-corrected chi connectivity index (χ3v) is 5.73. The summed E-state index contributed by atoms with van der Waals surface area (Å²) in [5, 5.41) is 19.6. The fraction of sp³-hybridized carbons (Fsp3) is 0.0455. The Labute approximate surface area is 183 Å². The number of nitrogens with two attached hydrogens (primary N) is 1. The lowest BCUT2D eigenvalue weighted by Gasteiger charge is -2.11. The zero-order valence-corrected chi connectivity index (χ0v) is 17.5. The molecule has 0 aliphatic carbocycles. The molecule has 0 spiro atoms. The van der Waals surface area contributed by atoms with Crippen LogP contribution in [0.4, 0.5) is 5.69 Å². The maximum atomic E-state index is 12.9. The van der Waals surface area contributed by atoms with Gasteiger partial charge in [-0.25, -0.2) is 18.4 Å². The smallest absolute Gasteiger partial charge is 0.335 e. The van der Waals surface area contributed by atoms with Gasteiger partial charge in [0.05, 0.1) is 27.4 Å². The predicted octanol–water partition coefficient (Wildman–Crippen LogP) is 3.10. The Hall–Kier alpha value is -4.02. The molecule has 9 nitrogen and oxygen atoms in total. The van der Waals surface area contributed by atoms with Gasteiger partial charge >= 0.3 is 5.97 Å². The van der Waals surface area contributed by atoms with Crippen molar-refractivity contribution in [3.05, 3.63) is 77.6 Å². The number of benzene rings is 2. The van der Waals surface area contributed by atoms with Gasteiger partial charge in [-0.3, -0.25) is 4.79 Å². The van der Waals surface area contributed by atoms with Crippen molar-refractivity contribution in [1.82, 2.24) is 0 Å². The third-order valence-electron chi connectivity index (χ3n) is 4.80. The number of hydrogen-bond donors (Lipinski definition) is 2. The number of carboxylic acids is 1. The van der Waals surface area contributed by atoms with Crippen molar-refractivity contribution in [3.8, 4) is 11.3 Å². The van der Waals surface area contributed by atoms with Crippen LogP contribution in [0.25, 0.3) is 17.4 Å². The van der Waals surface area contributed by atoms with Crippen molar-refractivity contribution in [2.24, 2.45) is 10.2 Å². The number of primary sulfonamides is 1. The highest BCUT2D eigenvalue weighted by Gasteiger charge is 2.29. The summed E-state index contributed by atoms with van der Waals surface area (Å²) in [6.45, 7) is 1.69. The van der Waals surface area contributed by atoms with Crippen LogP contribution in [0, 0.1) is 0 Å². The number of nitrogens with zero attached hydrogens (tertiary/aromatic N) is 2. The molecule has 1 aliphatic rings. The molecule has 0 atom stereocenters. The van der Waals surface area contributed by atoms with E-state index >= 15 is 0 Å². The molecule has 2 heterocycles. The first kappa shape index (κ1) is 21.2. The molecule has 0 unspecified atom stereocenters. The van der Waals surface area contributed by atoms with Crippen molar-refractivity contribution < 1.29 is 27.5 Å². The lowest BCUT2D eigenvalue weighted by molar-refractivity contribution is -0.114. The van der Waals surface area contributed by atoms with Gasteiger partial charge in [0.15, 0.2) is 0 Å². The zero-order chi connectivity index (χ0) is 23.0. The molecule has 0 saturated carbocycles. The molecule has 4 rings (SSSR count). The van der Waals surface area contributed by atoms with Crippen LogP contribution >= 0.6 is 0 Å². The molecule has 1 aromatic heterocycles. The number of carbonyl (C=O) groups excluding carboxylic acids is 1. The highest BCUT2D eigenvalue weighted by molar-refractivity contribution is 7.89. The number of aromatic carboxylic acids is 1. The number of amides is 1. The van der Waals surface area contributed by atoms with Crippen molar-refractivity contribution >= 4 is 39.4 Å². The number of hydrogen-bond acceptors (Lipinski definition) is 6. The van der Waals surface area contributed by atoms with E-state index in [1.165, 1.54) is 41.4 Å². The van der Waals surface area contributed by atoms with E-state index in [0.29, 0.717) is 34.1 Å². The lowest BCUT2D eigenvalue weighted by atomic mass is 10.1. The van der Waals surface area contributed by atoms with Crippen LogP contribution in [0.5, 0.6) is 0 Å². The summed E-state index contributed by atoms with van der Waals surface area (Å²) in [7, 11) is -3.78. The minimum Gasteiger partial charge on any atom is -0.478 e. The van der Waals surface area contributed by atoms with Crippen LogP contribution in [-0.4, -0.2) is 31.1 Å². The van der Waals surface area contributed by atoms with Gasteiger partial charge in [-0.15, -0.1) is 0 Å². The average Bonchev–Trinajstić information content (AvgIpc) is 3.33. The number of hydrazone groups is 1. The Balaban J connectivity index is 1.57. The fourth-order valence-corrected chi connectivity index (χ4v) is 3.66. The summed E-state index contributed by atoms with van der Waals surface area (Å²) in [6, 6.07) is 15.1. The van der Waals surface area contributed by atoms with Gasteiger partial charge in [0, 0.05) is 5.56 Å². The van der Waals surface area contributed by atoms with Crippen molar-refractivity contribution in [2.45, 2.75) is 11.8 Å². The fourth-order valence-electron chi connectivity index (χ4n) is 3.14. The first-order chi connectivity index (χ1) is 15.1. The highest BCUT2D eigenvalue weighted by atomic mass is 32.2. The Bertz CT molecular complexity index is 1380. The standard InChI is InChI=1S/C22H17N3O6S/c1-13-19(21(26)25(24-13)16-6-2-15(3-7-16)22(27)28)12-17-8-11-20(31-17)14-4-9-18(10-5-14)32(23,29)30/h2-12H,1H3,(H,27,28)(H2,23,29,30)/b19-12+. The molecule has 0 radical (unpaired) electrons. The van der Waals surface area contributed by atoms with Crippen molar-refractivity contribution in [2.75, 3.05) is 5.01 Å². The minimum absolute atomic E-state index is 0.00462. The van der Waals surface area contributed by atoms with Gasteiger partial charge < -0.3 is 9.52 Å². The Morgan fingerprint density at radius 2 is 1.72 bits per heavy atom. The van der Waals surface area contributed by atoms with Gasteiger partial charge in [-0.2, -0.15) is 10.1 Å². The van der Waals surface area contributed by atoms with Crippen LogP contribution in [0.1, 0.15) is 23.0 Å². The first-order valence-corrected chi connectivity index (χ1v) is 10.9. The molecule has 3 N–H and O–H groups in total. The number of anilines is 1. The number of carboxylic acid groups (broad SMARTS) is 1. The molecular weight excluding hydrogens is 434 g/mol. The van der Waals surface area contributed by atoms with E-state index in [-0.39, 0.29) is 16.4 Å². The van der Waals surface area contributed by atoms with Crippen molar-refractivity contribution in [3.63, 3.8) is 0 Å². The van der Waals surface area contributed by atoms with Crippen molar-refractivity contribution in [1.29, 1.82) is 0 Å². The summed E-state index contributed by atoms with van der Waals surface area (Å²) in [5.74, 6) is -0.533. The van der Waals surface area contributed by atoms with Gasteiger partial charge in [0.1, 0.15) is 11.5 Å². The summed E-state index contributed by atoms with van der Waals surface area (Å²) in [4.78, 5) is 23.9. The predicted molar refractivity (Wildman–Crippen MR) is 117 cm³/mol. The van der Waals surface area contributed by atoms with Crippen LogP contribution in [0.2, 0.25) is 0 Å². The van der Waals surface area contributed by atoms with Crippen LogP contribution < -0.4 is 10.1 Å². The molecule has 3 aromatic rings. The molecule has 1 amide bonds.